The fourth-order valence-corrected chi connectivity index (χ4v) is 3.26. The molecule has 0 aromatic rings. The molecular weight excluding hydrogens is 260 g/mol. The second kappa shape index (κ2) is 10.6. The van der Waals surface area contributed by atoms with E-state index in [0.717, 1.165) is 0 Å². The van der Waals surface area contributed by atoms with E-state index in [-0.39, 0.29) is 17.7 Å². The maximum atomic E-state index is 11.2. The Labute approximate surface area is 108 Å². The van der Waals surface area contributed by atoms with Crippen molar-refractivity contribution in [3.8, 4) is 0 Å². The summed E-state index contributed by atoms with van der Waals surface area (Å²) in [5.41, 5.74) is 0. The van der Waals surface area contributed by atoms with Gasteiger partial charge in [0.05, 0.1) is 6.61 Å². The van der Waals surface area contributed by atoms with Crippen molar-refractivity contribution in [2.75, 3.05) is 27.9 Å². The molecule has 110 valence electrons. The van der Waals surface area contributed by atoms with Gasteiger partial charge in [0, 0.05) is 33.8 Å². The van der Waals surface area contributed by atoms with Crippen LogP contribution in [0.2, 0.25) is 6.04 Å². The SMILES string of the molecule is CO[Si](CCCCC(=O)C(O)CO)(OC)OC.O. The largest absolute Gasteiger partial charge is 0.500 e. The molecule has 0 aliphatic rings. The quantitative estimate of drug-likeness (QED) is 0.398. The van der Waals surface area contributed by atoms with Crippen molar-refractivity contribution in [1.82, 2.24) is 0 Å². The van der Waals surface area contributed by atoms with Crippen LogP contribution in [0.15, 0.2) is 0 Å². The van der Waals surface area contributed by atoms with Gasteiger partial charge in [-0.05, 0) is 12.8 Å². The van der Waals surface area contributed by atoms with Crippen LogP contribution in [0.5, 0.6) is 0 Å². The van der Waals surface area contributed by atoms with Crippen molar-refractivity contribution in [3.63, 3.8) is 0 Å². The van der Waals surface area contributed by atoms with E-state index < -0.39 is 21.5 Å². The molecule has 0 aromatic carbocycles. The van der Waals surface area contributed by atoms with Gasteiger partial charge >= 0.3 is 8.80 Å². The van der Waals surface area contributed by atoms with Crippen LogP contribution in [-0.4, -0.2) is 64.3 Å². The zero-order valence-corrected chi connectivity index (χ0v) is 12.1. The lowest BCUT2D eigenvalue weighted by molar-refractivity contribution is -0.129. The van der Waals surface area contributed by atoms with Gasteiger partial charge in [-0.25, -0.2) is 0 Å². The van der Waals surface area contributed by atoms with E-state index in [9.17, 15) is 4.79 Å². The van der Waals surface area contributed by atoms with Crippen molar-refractivity contribution in [3.05, 3.63) is 0 Å². The van der Waals surface area contributed by atoms with Gasteiger partial charge in [-0.2, -0.15) is 0 Å². The van der Waals surface area contributed by atoms with Crippen LogP contribution >= 0.6 is 0 Å². The van der Waals surface area contributed by atoms with Gasteiger partial charge in [0.1, 0.15) is 6.10 Å². The van der Waals surface area contributed by atoms with Crippen molar-refractivity contribution in [2.45, 2.75) is 31.4 Å². The molecule has 4 N–H and O–H groups in total. The fraction of sp³-hybridized carbons (Fsp3) is 0.900. The third kappa shape index (κ3) is 6.54. The van der Waals surface area contributed by atoms with Gasteiger partial charge in [-0.1, -0.05) is 0 Å². The Bertz CT molecular complexity index is 212. The number of hydrogen-bond donors (Lipinski definition) is 2. The summed E-state index contributed by atoms with van der Waals surface area (Å²) in [5, 5.41) is 17.6. The monoisotopic (exact) mass is 284 g/mol. The first kappa shape index (κ1) is 20.0. The second-order valence-electron chi connectivity index (χ2n) is 3.67. The molecule has 0 aromatic heterocycles. The van der Waals surface area contributed by atoms with Gasteiger partial charge in [0.25, 0.3) is 0 Å². The zero-order chi connectivity index (χ0) is 13.3. The Morgan fingerprint density at radius 3 is 2.06 bits per heavy atom. The Morgan fingerprint density at radius 1 is 1.17 bits per heavy atom. The lowest BCUT2D eigenvalue weighted by Gasteiger charge is -2.24. The van der Waals surface area contributed by atoms with Gasteiger partial charge in [0.15, 0.2) is 5.78 Å². The number of carbonyl (C=O) groups is 1. The predicted octanol–water partition coefficient (Wildman–Crippen LogP) is -0.868. The minimum atomic E-state index is -2.55. The summed E-state index contributed by atoms with van der Waals surface area (Å²) in [4.78, 5) is 11.2. The van der Waals surface area contributed by atoms with Crippen molar-refractivity contribution in [1.29, 1.82) is 0 Å². The number of aliphatic hydroxyl groups excluding tert-OH is 2. The predicted molar refractivity (Wildman–Crippen MR) is 67.2 cm³/mol. The summed E-state index contributed by atoms with van der Waals surface area (Å²) in [7, 11) is 2.08. The summed E-state index contributed by atoms with van der Waals surface area (Å²) in [6, 6.07) is 0.624. The smallest absolute Gasteiger partial charge is 0.412 e. The van der Waals surface area contributed by atoms with E-state index in [1.165, 1.54) is 0 Å². The molecular formula is C10H24O7Si. The fourth-order valence-electron chi connectivity index (χ4n) is 1.47. The average Bonchev–Trinajstić information content (AvgIpc) is 2.38. The number of unbranched alkanes of at least 4 members (excludes halogenated alkanes) is 1. The summed E-state index contributed by atoms with van der Waals surface area (Å²) in [6.45, 7) is -0.522. The first-order chi connectivity index (χ1) is 8.05. The molecule has 0 heterocycles. The van der Waals surface area contributed by atoms with Crippen molar-refractivity contribution < 1.29 is 33.8 Å². The molecule has 0 spiro atoms. The molecule has 0 saturated carbocycles. The molecule has 1 unspecified atom stereocenters. The standard InChI is InChI=1S/C10H22O6Si.H2O/c1-14-17(15-2,16-3)7-5-4-6-9(12)10(13)8-11;/h10-11,13H,4-8H2,1-3H3;1H2. The summed E-state index contributed by atoms with van der Waals surface area (Å²) < 4.78 is 15.7. The molecule has 7 nitrogen and oxygen atoms in total. The molecule has 1 atom stereocenters. The third-order valence-corrected chi connectivity index (χ3v) is 5.47. The first-order valence-electron chi connectivity index (χ1n) is 5.52. The molecule has 0 aliphatic heterocycles. The van der Waals surface area contributed by atoms with Gasteiger partial charge < -0.3 is 29.0 Å². The Morgan fingerprint density at radius 2 is 1.67 bits per heavy atom. The number of carbonyl (C=O) groups excluding carboxylic acids is 1. The second-order valence-corrected chi connectivity index (χ2v) is 6.76. The molecule has 18 heavy (non-hydrogen) atoms. The molecule has 0 aliphatic carbocycles. The average molecular weight is 284 g/mol. The molecule has 0 amide bonds. The number of Topliss-reactive ketones (excluding diaryl/α,β-unsaturated/α-hetero) is 1. The third-order valence-electron chi connectivity index (χ3n) is 2.63. The molecule has 8 heteroatoms. The van der Waals surface area contributed by atoms with Crippen LogP contribution in [-0.2, 0) is 18.1 Å². The van der Waals surface area contributed by atoms with Crippen molar-refractivity contribution >= 4 is 14.6 Å². The number of aliphatic hydroxyl groups is 2. The Kier molecular flexibility index (Phi) is 11.7. The van der Waals surface area contributed by atoms with E-state index >= 15 is 0 Å². The van der Waals surface area contributed by atoms with Gasteiger partial charge in [-0.15, -0.1) is 0 Å². The van der Waals surface area contributed by atoms with E-state index in [2.05, 4.69) is 0 Å². The number of hydrogen-bond acceptors (Lipinski definition) is 6. The van der Waals surface area contributed by atoms with Gasteiger partial charge in [-0.3, -0.25) is 4.79 Å². The summed E-state index contributed by atoms with van der Waals surface area (Å²) >= 11 is 0. The Hall–Kier alpha value is -0.353. The maximum absolute atomic E-state index is 11.2. The van der Waals surface area contributed by atoms with Crippen LogP contribution in [0.3, 0.4) is 0 Å². The molecule has 0 bridgehead atoms. The highest BCUT2D eigenvalue weighted by atomic mass is 28.4. The first-order valence-corrected chi connectivity index (χ1v) is 7.45. The lowest BCUT2D eigenvalue weighted by atomic mass is 10.1. The topological polar surface area (TPSA) is 117 Å². The van der Waals surface area contributed by atoms with Crippen LogP contribution in [0.1, 0.15) is 19.3 Å². The van der Waals surface area contributed by atoms with Gasteiger partial charge in [0.2, 0.25) is 0 Å². The van der Waals surface area contributed by atoms with Crippen LogP contribution < -0.4 is 0 Å². The van der Waals surface area contributed by atoms with E-state index in [4.69, 9.17) is 23.5 Å². The molecule has 0 saturated heterocycles. The Balaban J connectivity index is 0. The maximum Gasteiger partial charge on any atom is 0.500 e. The number of rotatable bonds is 10. The van der Waals surface area contributed by atoms with Crippen LogP contribution in [0.4, 0.5) is 0 Å². The molecule has 0 radical (unpaired) electrons. The highest BCUT2D eigenvalue weighted by molar-refractivity contribution is 6.60. The zero-order valence-electron chi connectivity index (χ0n) is 11.1. The highest BCUT2D eigenvalue weighted by Crippen LogP contribution is 2.17. The molecule has 0 fully saturated rings. The lowest BCUT2D eigenvalue weighted by Crippen LogP contribution is -2.42. The van der Waals surface area contributed by atoms with E-state index in [1.807, 2.05) is 0 Å². The van der Waals surface area contributed by atoms with Crippen LogP contribution in [0, 0.1) is 0 Å². The van der Waals surface area contributed by atoms with Crippen molar-refractivity contribution in [2.24, 2.45) is 0 Å². The normalized spacial score (nSPS) is 12.9. The van der Waals surface area contributed by atoms with E-state index in [1.54, 1.807) is 21.3 Å². The number of ketones is 1. The minimum absolute atomic E-state index is 0. The summed E-state index contributed by atoms with van der Waals surface area (Å²) in [6.07, 6.45) is 0.305. The summed E-state index contributed by atoms with van der Waals surface area (Å²) in [5.74, 6) is -0.341. The highest BCUT2D eigenvalue weighted by Gasteiger charge is 2.36. The minimum Gasteiger partial charge on any atom is -0.412 e. The van der Waals surface area contributed by atoms with E-state index in [0.29, 0.717) is 18.9 Å². The van der Waals surface area contributed by atoms with Crippen LogP contribution in [0.25, 0.3) is 0 Å². The molecule has 0 rings (SSSR count).